The van der Waals surface area contributed by atoms with Gasteiger partial charge in [-0.25, -0.2) is 4.68 Å². The molecule has 7 heteroatoms. The van der Waals surface area contributed by atoms with Gasteiger partial charge in [-0.2, -0.15) is 5.10 Å². The largest absolute Gasteiger partial charge is 0.497 e. The van der Waals surface area contributed by atoms with Crippen molar-refractivity contribution in [1.82, 2.24) is 19.2 Å². The Balaban J connectivity index is 1.64. The van der Waals surface area contributed by atoms with Crippen LogP contribution in [0.2, 0.25) is 0 Å². The van der Waals surface area contributed by atoms with Gasteiger partial charge in [0.2, 0.25) is 4.77 Å². The van der Waals surface area contributed by atoms with Gasteiger partial charge >= 0.3 is 0 Å². The molecule has 0 unspecified atom stereocenters. The number of piperidine rings is 1. The van der Waals surface area contributed by atoms with Crippen LogP contribution in [-0.2, 0) is 13.3 Å². The topological polar surface area (TPSA) is 44.5 Å². The van der Waals surface area contributed by atoms with Crippen molar-refractivity contribution < 1.29 is 9.47 Å². The summed E-state index contributed by atoms with van der Waals surface area (Å²) in [6.07, 6.45) is 3.77. The standard InChI is InChI=1S/C22H26N4O2S/c1-27-19-12-10-18(11-13-19)26-21(16-28-20-8-4-2-5-9-20)23-25(22(26)29)17-24-14-6-3-7-15-24/h2,4-5,8-13H,3,6-7,14-17H2,1H3. The van der Waals surface area contributed by atoms with Crippen molar-refractivity contribution in [3.05, 3.63) is 65.2 Å². The first-order valence-corrected chi connectivity index (χ1v) is 10.4. The third-order valence-electron chi connectivity index (χ3n) is 5.13. The molecule has 0 amide bonds. The zero-order valence-corrected chi connectivity index (χ0v) is 17.5. The molecule has 0 radical (unpaired) electrons. The Hall–Kier alpha value is -2.64. The maximum Gasteiger partial charge on any atom is 0.203 e. The van der Waals surface area contributed by atoms with Gasteiger partial charge in [-0.3, -0.25) is 9.47 Å². The zero-order chi connectivity index (χ0) is 20.1. The maximum atomic E-state index is 5.98. The van der Waals surface area contributed by atoms with Gasteiger partial charge < -0.3 is 9.47 Å². The number of likely N-dealkylation sites (tertiary alicyclic amines) is 1. The molecule has 6 nitrogen and oxygen atoms in total. The molecule has 0 N–H and O–H groups in total. The summed E-state index contributed by atoms with van der Waals surface area (Å²) in [7, 11) is 1.66. The molecule has 2 aromatic carbocycles. The van der Waals surface area contributed by atoms with E-state index < -0.39 is 0 Å². The van der Waals surface area contributed by atoms with Crippen LogP contribution in [0.15, 0.2) is 54.6 Å². The molecule has 1 fully saturated rings. The fraction of sp³-hybridized carbons (Fsp3) is 0.364. The number of nitrogens with zero attached hydrogens (tertiary/aromatic N) is 4. The van der Waals surface area contributed by atoms with Gasteiger partial charge in [-0.1, -0.05) is 24.6 Å². The van der Waals surface area contributed by atoms with Crippen molar-refractivity contribution in [2.75, 3.05) is 20.2 Å². The van der Waals surface area contributed by atoms with E-state index in [4.69, 9.17) is 26.8 Å². The van der Waals surface area contributed by atoms with Crippen molar-refractivity contribution >= 4 is 12.2 Å². The Bertz CT molecular complexity index is 976. The van der Waals surface area contributed by atoms with Crippen molar-refractivity contribution in [3.8, 4) is 17.2 Å². The van der Waals surface area contributed by atoms with Crippen LogP contribution in [0.1, 0.15) is 25.1 Å². The Morgan fingerprint density at radius 2 is 1.66 bits per heavy atom. The molecule has 1 aliphatic rings. The molecular weight excluding hydrogens is 384 g/mol. The summed E-state index contributed by atoms with van der Waals surface area (Å²) in [4.78, 5) is 2.41. The Morgan fingerprint density at radius 1 is 0.931 bits per heavy atom. The lowest BCUT2D eigenvalue weighted by molar-refractivity contribution is 0.171. The van der Waals surface area contributed by atoms with Gasteiger partial charge in [0.25, 0.3) is 0 Å². The number of benzene rings is 2. The quantitative estimate of drug-likeness (QED) is 0.539. The summed E-state index contributed by atoms with van der Waals surface area (Å²) >= 11 is 5.81. The van der Waals surface area contributed by atoms with E-state index in [1.54, 1.807) is 7.11 Å². The van der Waals surface area contributed by atoms with Crippen molar-refractivity contribution in [1.29, 1.82) is 0 Å². The Kier molecular flexibility index (Phi) is 6.27. The van der Waals surface area contributed by atoms with Gasteiger partial charge in [-0.15, -0.1) is 0 Å². The number of methoxy groups -OCH3 is 1. The molecule has 1 saturated heterocycles. The van der Waals surface area contributed by atoms with Gasteiger partial charge in [0.1, 0.15) is 18.1 Å². The highest BCUT2D eigenvalue weighted by atomic mass is 32.1. The normalized spacial score (nSPS) is 14.7. The molecule has 3 aromatic rings. The number of hydrogen-bond acceptors (Lipinski definition) is 5. The highest BCUT2D eigenvalue weighted by Gasteiger charge is 2.17. The van der Waals surface area contributed by atoms with Crippen LogP contribution in [0.4, 0.5) is 0 Å². The molecule has 0 atom stereocenters. The third-order valence-corrected chi connectivity index (χ3v) is 5.52. The lowest BCUT2D eigenvalue weighted by Gasteiger charge is -2.25. The summed E-state index contributed by atoms with van der Waals surface area (Å²) in [5.74, 6) is 2.40. The molecular formula is C22H26N4O2S. The van der Waals surface area contributed by atoms with Crippen LogP contribution in [0.25, 0.3) is 5.69 Å². The van der Waals surface area contributed by atoms with Crippen molar-refractivity contribution in [3.63, 3.8) is 0 Å². The highest BCUT2D eigenvalue weighted by molar-refractivity contribution is 7.71. The molecule has 4 rings (SSSR count). The number of rotatable bonds is 7. The lowest BCUT2D eigenvalue weighted by Crippen LogP contribution is -2.32. The first kappa shape index (κ1) is 19.7. The minimum atomic E-state index is 0.340. The molecule has 29 heavy (non-hydrogen) atoms. The summed E-state index contributed by atoms with van der Waals surface area (Å²) in [5, 5.41) is 4.82. The molecule has 2 heterocycles. The molecule has 1 aromatic heterocycles. The van der Waals surface area contributed by atoms with E-state index in [0.717, 1.165) is 36.1 Å². The SMILES string of the molecule is COc1ccc(-n2c(COc3ccccc3)nn(CN3CCCCC3)c2=S)cc1. The maximum absolute atomic E-state index is 5.98. The van der Waals surface area contributed by atoms with Gasteiger partial charge in [-0.05, 0) is 74.5 Å². The summed E-state index contributed by atoms with van der Waals surface area (Å²) in [6.45, 7) is 3.23. The predicted molar refractivity (Wildman–Crippen MR) is 115 cm³/mol. The van der Waals surface area contributed by atoms with E-state index in [2.05, 4.69) is 4.90 Å². The number of hydrogen-bond donors (Lipinski definition) is 0. The first-order valence-electron chi connectivity index (χ1n) is 9.98. The molecule has 1 aliphatic heterocycles. The Labute approximate surface area is 176 Å². The summed E-state index contributed by atoms with van der Waals surface area (Å²) in [6, 6.07) is 17.6. The minimum absolute atomic E-state index is 0.340. The molecule has 0 aliphatic carbocycles. The highest BCUT2D eigenvalue weighted by Crippen LogP contribution is 2.20. The monoisotopic (exact) mass is 410 g/mol. The summed E-state index contributed by atoms with van der Waals surface area (Å²) in [5.41, 5.74) is 0.951. The molecule has 0 bridgehead atoms. The van der Waals surface area contributed by atoms with Crippen LogP contribution < -0.4 is 9.47 Å². The van der Waals surface area contributed by atoms with Gasteiger partial charge in [0.15, 0.2) is 5.82 Å². The molecule has 0 saturated carbocycles. The number of ether oxygens (including phenoxy) is 2. The predicted octanol–water partition coefficient (Wildman–Crippen LogP) is 4.43. The fourth-order valence-electron chi connectivity index (χ4n) is 3.58. The molecule has 0 spiro atoms. The van der Waals surface area contributed by atoms with E-state index >= 15 is 0 Å². The van der Waals surface area contributed by atoms with Crippen LogP contribution in [0.3, 0.4) is 0 Å². The zero-order valence-electron chi connectivity index (χ0n) is 16.7. The number of para-hydroxylation sites is 1. The second kappa shape index (κ2) is 9.24. The van der Waals surface area contributed by atoms with Crippen LogP contribution in [0.5, 0.6) is 11.5 Å². The fourth-order valence-corrected chi connectivity index (χ4v) is 3.89. The molecule has 152 valence electrons. The van der Waals surface area contributed by atoms with Crippen molar-refractivity contribution in [2.45, 2.75) is 32.5 Å². The average Bonchev–Trinajstić information content (AvgIpc) is 3.09. The third kappa shape index (κ3) is 4.68. The van der Waals surface area contributed by atoms with Crippen LogP contribution in [-0.4, -0.2) is 39.4 Å². The summed E-state index contributed by atoms with van der Waals surface area (Å²) < 4.78 is 15.8. The van der Waals surface area contributed by atoms with Gasteiger partial charge in [0, 0.05) is 0 Å². The Morgan fingerprint density at radius 3 is 2.34 bits per heavy atom. The van der Waals surface area contributed by atoms with E-state index in [9.17, 15) is 0 Å². The number of aromatic nitrogens is 3. The van der Waals surface area contributed by atoms with E-state index in [0.29, 0.717) is 18.0 Å². The smallest absolute Gasteiger partial charge is 0.203 e. The lowest BCUT2D eigenvalue weighted by atomic mass is 10.1. The second-order valence-corrected chi connectivity index (χ2v) is 7.52. The first-order chi connectivity index (χ1) is 14.2. The average molecular weight is 411 g/mol. The van der Waals surface area contributed by atoms with Gasteiger partial charge in [0.05, 0.1) is 19.5 Å². The van der Waals surface area contributed by atoms with E-state index in [1.165, 1.54) is 19.3 Å². The van der Waals surface area contributed by atoms with E-state index in [1.807, 2.05) is 63.8 Å². The van der Waals surface area contributed by atoms with Crippen molar-refractivity contribution in [2.24, 2.45) is 0 Å². The van der Waals surface area contributed by atoms with E-state index in [-0.39, 0.29) is 0 Å². The van der Waals surface area contributed by atoms with Crippen LogP contribution >= 0.6 is 12.2 Å². The van der Waals surface area contributed by atoms with Crippen LogP contribution in [0, 0.1) is 4.77 Å². The minimum Gasteiger partial charge on any atom is -0.497 e. The second-order valence-electron chi connectivity index (χ2n) is 7.15.